The molecule has 13 nitrogen and oxygen atoms in total. The molecule has 0 amide bonds. The van der Waals surface area contributed by atoms with E-state index in [9.17, 15) is 28.6 Å². The summed E-state index contributed by atoms with van der Waals surface area (Å²) in [5, 5.41) is 0. The number of hydrogen-bond donors (Lipinski definition) is 2. The van der Waals surface area contributed by atoms with Gasteiger partial charge in [0.15, 0.2) is 12.2 Å². The number of rotatable bonds is 40. The normalized spacial score (nSPS) is 14.1. The second-order valence-corrected chi connectivity index (χ2v) is 17.5. The summed E-state index contributed by atoms with van der Waals surface area (Å²) in [6.07, 6.45) is 23.1. The fourth-order valence-electron chi connectivity index (χ4n) is 6.07. The van der Waals surface area contributed by atoms with Crippen LogP contribution in [0.15, 0.2) is 0 Å². The lowest BCUT2D eigenvalue weighted by molar-refractivity contribution is -0.162. The first-order valence-corrected chi connectivity index (χ1v) is 23.8. The Hall–Kier alpha value is -2.05. The number of carbonyl (C=O) groups excluding carboxylic acids is 4. The van der Waals surface area contributed by atoms with E-state index < -0.39 is 69.8 Å². The summed E-state index contributed by atoms with van der Waals surface area (Å²) in [6.45, 7) is 7.71. The number of unbranched alkanes of at least 4 members (excludes halogenated alkanes) is 20. The van der Waals surface area contributed by atoms with Crippen molar-refractivity contribution in [2.24, 2.45) is 11.7 Å². The van der Waals surface area contributed by atoms with E-state index in [0.29, 0.717) is 12.8 Å². The Balaban J connectivity index is 5.04. The first-order valence-electron chi connectivity index (χ1n) is 22.4. The first-order chi connectivity index (χ1) is 27.3. The van der Waals surface area contributed by atoms with Crippen LogP contribution in [0.5, 0.6) is 0 Å². The van der Waals surface area contributed by atoms with Crippen LogP contribution in [0.25, 0.3) is 0 Å². The van der Waals surface area contributed by atoms with E-state index in [1.807, 2.05) is 13.8 Å². The molecule has 0 fully saturated rings. The third-order valence-corrected chi connectivity index (χ3v) is 10.3. The van der Waals surface area contributed by atoms with Crippen LogP contribution in [-0.2, 0) is 51.7 Å². The Morgan fingerprint density at radius 2 is 0.842 bits per heavy atom. The molecule has 0 saturated heterocycles. The summed E-state index contributed by atoms with van der Waals surface area (Å²) in [5.74, 6) is -2.23. The van der Waals surface area contributed by atoms with Gasteiger partial charge in [0, 0.05) is 25.3 Å². The van der Waals surface area contributed by atoms with Gasteiger partial charge >= 0.3 is 31.7 Å². The largest absolute Gasteiger partial charge is 0.472 e. The van der Waals surface area contributed by atoms with Crippen LogP contribution in [0.2, 0.25) is 0 Å². The van der Waals surface area contributed by atoms with Crippen LogP contribution in [0.3, 0.4) is 0 Å². The van der Waals surface area contributed by atoms with Crippen LogP contribution in [0, 0.1) is 5.92 Å². The average Bonchev–Trinajstić information content (AvgIpc) is 3.14. The molecular formula is C43H82NO12P. The van der Waals surface area contributed by atoms with E-state index >= 15 is 0 Å². The summed E-state index contributed by atoms with van der Waals surface area (Å²) in [7, 11) is -4.80. The van der Waals surface area contributed by atoms with Crippen LogP contribution in [0.4, 0.5) is 0 Å². The SMILES string of the molecule is CCCCCCCCCCCCCC(=O)OC[C@H](COP(=O)(O)OCC(COC(=O)C[C@@H](C)N)OC(=O)CC(C)C)OC(=O)CCCCCCCCCCCCC. The number of esters is 4. The predicted molar refractivity (Wildman–Crippen MR) is 223 cm³/mol. The van der Waals surface area contributed by atoms with Gasteiger partial charge in [0.2, 0.25) is 0 Å². The van der Waals surface area contributed by atoms with Gasteiger partial charge in [-0.1, -0.05) is 156 Å². The van der Waals surface area contributed by atoms with Crippen LogP contribution in [0.1, 0.15) is 202 Å². The van der Waals surface area contributed by atoms with Gasteiger partial charge in [-0.3, -0.25) is 28.2 Å². The zero-order valence-corrected chi connectivity index (χ0v) is 37.4. The second kappa shape index (κ2) is 37.0. The molecule has 336 valence electrons. The third kappa shape index (κ3) is 37.9. The van der Waals surface area contributed by atoms with Crippen molar-refractivity contribution in [3.63, 3.8) is 0 Å². The molecule has 0 heterocycles. The van der Waals surface area contributed by atoms with Gasteiger partial charge in [-0.15, -0.1) is 0 Å². The van der Waals surface area contributed by atoms with Crippen molar-refractivity contribution in [3.8, 4) is 0 Å². The summed E-state index contributed by atoms with van der Waals surface area (Å²) >= 11 is 0. The third-order valence-electron chi connectivity index (χ3n) is 9.34. The highest BCUT2D eigenvalue weighted by Gasteiger charge is 2.29. The van der Waals surface area contributed by atoms with Gasteiger partial charge in [-0.2, -0.15) is 0 Å². The molecule has 2 unspecified atom stereocenters. The van der Waals surface area contributed by atoms with Crippen molar-refractivity contribution in [2.75, 3.05) is 26.4 Å². The molecule has 0 bridgehead atoms. The Kier molecular flexibility index (Phi) is 35.7. The average molecular weight is 836 g/mol. The lowest BCUT2D eigenvalue weighted by Crippen LogP contribution is -2.32. The van der Waals surface area contributed by atoms with E-state index in [-0.39, 0.29) is 38.2 Å². The highest BCUT2D eigenvalue weighted by Crippen LogP contribution is 2.43. The number of phosphoric ester groups is 1. The number of nitrogens with two attached hydrogens (primary N) is 1. The van der Waals surface area contributed by atoms with Gasteiger partial charge in [-0.25, -0.2) is 4.57 Å². The van der Waals surface area contributed by atoms with E-state index in [1.165, 1.54) is 89.9 Å². The maximum atomic E-state index is 12.9. The van der Waals surface area contributed by atoms with Crippen molar-refractivity contribution in [1.29, 1.82) is 0 Å². The topological polar surface area (TPSA) is 187 Å². The summed E-state index contributed by atoms with van der Waals surface area (Å²) in [4.78, 5) is 60.2. The van der Waals surface area contributed by atoms with Gasteiger partial charge < -0.3 is 29.6 Å². The molecule has 0 spiro atoms. The second-order valence-electron chi connectivity index (χ2n) is 16.0. The van der Waals surface area contributed by atoms with E-state index in [1.54, 1.807) is 6.92 Å². The zero-order valence-electron chi connectivity index (χ0n) is 36.5. The Bertz CT molecular complexity index is 1070. The molecule has 0 saturated carbocycles. The molecule has 0 aliphatic rings. The van der Waals surface area contributed by atoms with E-state index in [2.05, 4.69) is 13.8 Å². The van der Waals surface area contributed by atoms with E-state index in [0.717, 1.165) is 38.5 Å². The number of phosphoric acid groups is 1. The monoisotopic (exact) mass is 836 g/mol. The molecule has 0 aromatic carbocycles. The number of carbonyl (C=O) groups is 4. The van der Waals surface area contributed by atoms with Gasteiger partial charge in [-0.05, 0) is 25.7 Å². The Morgan fingerprint density at radius 1 is 0.491 bits per heavy atom. The van der Waals surface area contributed by atoms with Gasteiger partial charge in [0.1, 0.15) is 13.2 Å². The first kappa shape index (κ1) is 55.0. The molecule has 0 aliphatic carbocycles. The van der Waals surface area contributed by atoms with Crippen molar-refractivity contribution in [1.82, 2.24) is 0 Å². The molecule has 0 aliphatic heterocycles. The Morgan fingerprint density at radius 3 is 1.23 bits per heavy atom. The van der Waals surface area contributed by atoms with Crippen LogP contribution in [-0.4, -0.2) is 73.4 Å². The summed E-state index contributed by atoms with van der Waals surface area (Å²) in [5.41, 5.74) is 5.64. The lowest BCUT2D eigenvalue weighted by Gasteiger charge is -2.22. The van der Waals surface area contributed by atoms with Gasteiger partial charge in [0.25, 0.3) is 0 Å². The molecule has 14 heteroatoms. The number of hydrogen-bond acceptors (Lipinski definition) is 12. The minimum atomic E-state index is -4.80. The van der Waals surface area contributed by atoms with Gasteiger partial charge in [0.05, 0.1) is 19.6 Å². The molecule has 0 aromatic rings. The molecule has 57 heavy (non-hydrogen) atoms. The maximum absolute atomic E-state index is 12.9. The fourth-order valence-corrected chi connectivity index (χ4v) is 6.85. The zero-order chi connectivity index (χ0) is 42.6. The quantitative estimate of drug-likeness (QED) is 0.0257. The fraction of sp³-hybridized carbons (Fsp3) is 0.907. The molecule has 4 atom stereocenters. The maximum Gasteiger partial charge on any atom is 0.472 e. The standard InChI is InChI=1S/C43H82NO12P/c1-6-8-10-12-14-16-18-20-22-24-26-28-40(45)51-32-38(55-41(46)29-27-25-23-21-19-17-15-13-11-9-7-2)34-53-57(49,50)54-35-39(56-43(48)30-36(3)4)33-52-42(47)31-37(5)44/h36-39H,6-35,44H2,1-5H3,(H,49,50)/t37-,38-,39?/m1/s1. The summed E-state index contributed by atoms with van der Waals surface area (Å²) in [6, 6.07) is -0.452. The lowest BCUT2D eigenvalue weighted by atomic mass is 10.1. The van der Waals surface area contributed by atoms with Crippen molar-refractivity contribution in [2.45, 2.75) is 220 Å². The minimum absolute atomic E-state index is 0.0182. The molecule has 3 N–H and O–H groups in total. The molecule has 0 radical (unpaired) electrons. The van der Waals surface area contributed by atoms with Crippen molar-refractivity contribution in [3.05, 3.63) is 0 Å². The van der Waals surface area contributed by atoms with Crippen LogP contribution >= 0.6 is 7.82 Å². The highest BCUT2D eigenvalue weighted by molar-refractivity contribution is 7.47. The smallest absolute Gasteiger partial charge is 0.462 e. The number of ether oxygens (including phenoxy) is 4. The summed E-state index contributed by atoms with van der Waals surface area (Å²) < 4.78 is 44.6. The van der Waals surface area contributed by atoms with Crippen molar-refractivity contribution >= 4 is 31.7 Å². The molecular weight excluding hydrogens is 753 g/mol. The minimum Gasteiger partial charge on any atom is -0.462 e. The predicted octanol–water partition coefficient (Wildman–Crippen LogP) is 10.2. The molecule has 0 aromatic heterocycles. The van der Waals surface area contributed by atoms with Crippen molar-refractivity contribution < 1.29 is 56.6 Å². The van der Waals surface area contributed by atoms with E-state index in [4.69, 9.17) is 33.7 Å². The molecule has 0 rings (SSSR count). The Labute approximate surface area is 345 Å². The highest BCUT2D eigenvalue weighted by atomic mass is 31.2. The van der Waals surface area contributed by atoms with Crippen LogP contribution < -0.4 is 5.73 Å².